The summed E-state index contributed by atoms with van der Waals surface area (Å²) in [5, 5.41) is 18.1. The van der Waals surface area contributed by atoms with Crippen molar-refractivity contribution in [2.75, 3.05) is 19.0 Å². The van der Waals surface area contributed by atoms with Crippen LogP contribution in [0.2, 0.25) is 0 Å². The van der Waals surface area contributed by atoms with Gasteiger partial charge < -0.3 is 15.1 Å². The molecule has 0 aliphatic rings. The number of carboxylic acids is 1. The summed E-state index contributed by atoms with van der Waals surface area (Å²) in [4.78, 5) is 12.4. The van der Waals surface area contributed by atoms with E-state index in [1.165, 1.54) is 6.07 Å². The van der Waals surface area contributed by atoms with Gasteiger partial charge in [-0.15, -0.1) is 0 Å². The van der Waals surface area contributed by atoms with E-state index in [4.69, 9.17) is 5.11 Å². The van der Waals surface area contributed by atoms with Crippen LogP contribution >= 0.6 is 0 Å². The maximum Gasteiger partial charge on any atom is 0.341 e. The number of benzene rings is 1. The van der Waals surface area contributed by atoms with Crippen LogP contribution in [0.3, 0.4) is 0 Å². The average molecular weight is 181 g/mol. The van der Waals surface area contributed by atoms with Gasteiger partial charge in [-0.25, -0.2) is 4.79 Å². The third-order valence-corrected chi connectivity index (χ3v) is 1.72. The highest BCUT2D eigenvalue weighted by atomic mass is 16.4. The van der Waals surface area contributed by atoms with Crippen molar-refractivity contribution >= 4 is 11.7 Å². The van der Waals surface area contributed by atoms with E-state index in [-0.39, 0.29) is 11.3 Å². The summed E-state index contributed by atoms with van der Waals surface area (Å²) in [5.74, 6) is -1.33. The van der Waals surface area contributed by atoms with Crippen LogP contribution < -0.4 is 4.90 Å². The molecule has 0 unspecified atom stereocenters. The lowest BCUT2D eigenvalue weighted by Crippen LogP contribution is -2.13. The van der Waals surface area contributed by atoms with Crippen LogP contribution in [0.4, 0.5) is 5.69 Å². The second-order valence-electron chi connectivity index (χ2n) is 2.87. The van der Waals surface area contributed by atoms with Gasteiger partial charge in [-0.3, -0.25) is 0 Å². The second-order valence-corrected chi connectivity index (χ2v) is 2.87. The van der Waals surface area contributed by atoms with Crippen molar-refractivity contribution in [1.29, 1.82) is 0 Å². The molecule has 1 rings (SSSR count). The quantitative estimate of drug-likeness (QED) is 0.718. The zero-order valence-electron chi connectivity index (χ0n) is 7.48. The molecule has 0 saturated carbocycles. The fourth-order valence-electron chi connectivity index (χ4n) is 1.12. The van der Waals surface area contributed by atoms with Crippen molar-refractivity contribution in [1.82, 2.24) is 0 Å². The molecule has 0 amide bonds. The Morgan fingerprint density at radius 1 is 1.38 bits per heavy atom. The van der Waals surface area contributed by atoms with E-state index in [0.717, 1.165) is 0 Å². The average Bonchev–Trinajstić information content (AvgIpc) is 2.02. The lowest BCUT2D eigenvalue weighted by atomic mass is 10.1. The molecule has 0 spiro atoms. The first-order valence-electron chi connectivity index (χ1n) is 3.76. The largest absolute Gasteiger partial charge is 0.507 e. The molecular formula is C9H11NO3. The third kappa shape index (κ3) is 1.72. The lowest BCUT2D eigenvalue weighted by molar-refractivity contribution is 0.0694. The zero-order valence-corrected chi connectivity index (χ0v) is 7.48. The van der Waals surface area contributed by atoms with Gasteiger partial charge in [0.25, 0.3) is 0 Å². The molecule has 0 bridgehead atoms. The molecule has 0 aliphatic carbocycles. The summed E-state index contributed by atoms with van der Waals surface area (Å²) >= 11 is 0. The van der Waals surface area contributed by atoms with Crippen LogP contribution in [-0.2, 0) is 0 Å². The highest BCUT2D eigenvalue weighted by molar-refractivity contribution is 5.97. The van der Waals surface area contributed by atoms with Crippen molar-refractivity contribution < 1.29 is 15.0 Å². The van der Waals surface area contributed by atoms with E-state index in [1.807, 2.05) is 0 Å². The molecule has 1 aromatic rings. The fraction of sp³-hybridized carbons (Fsp3) is 0.222. The minimum Gasteiger partial charge on any atom is -0.507 e. The number of carbonyl (C=O) groups is 1. The SMILES string of the molecule is CN(C)c1cccc(O)c1C(=O)O. The summed E-state index contributed by atoms with van der Waals surface area (Å²) in [6.07, 6.45) is 0. The van der Waals surface area contributed by atoms with Crippen LogP contribution in [0.15, 0.2) is 18.2 Å². The Morgan fingerprint density at radius 2 is 2.00 bits per heavy atom. The van der Waals surface area contributed by atoms with E-state index < -0.39 is 5.97 Å². The molecule has 0 atom stereocenters. The van der Waals surface area contributed by atoms with Gasteiger partial charge in [0.15, 0.2) is 0 Å². The minimum absolute atomic E-state index is 0.0625. The molecule has 0 heterocycles. The van der Waals surface area contributed by atoms with E-state index in [0.29, 0.717) is 5.69 Å². The van der Waals surface area contributed by atoms with Crippen LogP contribution in [0, 0.1) is 0 Å². The Morgan fingerprint density at radius 3 is 2.38 bits per heavy atom. The van der Waals surface area contributed by atoms with Gasteiger partial charge in [-0.2, -0.15) is 0 Å². The summed E-state index contributed by atoms with van der Waals surface area (Å²) < 4.78 is 0. The molecular weight excluding hydrogens is 170 g/mol. The highest BCUT2D eigenvalue weighted by Crippen LogP contribution is 2.26. The van der Waals surface area contributed by atoms with Gasteiger partial charge in [0.2, 0.25) is 0 Å². The Balaban J connectivity index is 3.34. The van der Waals surface area contributed by atoms with E-state index in [1.54, 1.807) is 31.1 Å². The van der Waals surface area contributed by atoms with Crippen molar-refractivity contribution in [2.45, 2.75) is 0 Å². The van der Waals surface area contributed by atoms with Crippen molar-refractivity contribution in [3.05, 3.63) is 23.8 Å². The van der Waals surface area contributed by atoms with Gasteiger partial charge >= 0.3 is 5.97 Å². The monoisotopic (exact) mass is 181 g/mol. The number of carboxylic acid groups (broad SMARTS) is 1. The van der Waals surface area contributed by atoms with Gasteiger partial charge in [0.05, 0.1) is 5.69 Å². The molecule has 0 aromatic heterocycles. The van der Waals surface area contributed by atoms with Gasteiger partial charge in [-0.1, -0.05) is 6.07 Å². The predicted octanol–water partition coefficient (Wildman–Crippen LogP) is 1.16. The van der Waals surface area contributed by atoms with E-state index in [9.17, 15) is 9.90 Å². The molecule has 2 N–H and O–H groups in total. The summed E-state index contributed by atoms with van der Waals surface area (Å²) in [7, 11) is 3.45. The van der Waals surface area contributed by atoms with Crippen molar-refractivity contribution in [2.24, 2.45) is 0 Å². The number of hydrogen-bond donors (Lipinski definition) is 2. The number of rotatable bonds is 2. The molecule has 0 aliphatic heterocycles. The zero-order chi connectivity index (χ0) is 10.0. The summed E-state index contributed by atoms with van der Waals surface area (Å²) in [6, 6.07) is 4.61. The Hall–Kier alpha value is -1.71. The number of aromatic carboxylic acids is 1. The molecule has 4 heteroatoms. The molecule has 13 heavy (non-hydrogen) atoms. The predicted molar refractivity (Wildman–Crippen MR) is 49.4 cm³/mol. The van der Waals surface area contributed by atoms with Gasteiger partial charge in [0, 0.05) is 14.1 Å². The second kappa shape index (κ2) is 3.35. The topological polar surface area (TPSA) is 60.8 Å². The first kappa shape index (κ1) is 9.38. The van der Waals surface area contributed by atoms with E-state index in [2.05, 4.69) is 0 Å². The number of aromatic hydroxyl groups is 1. The van der Waals surface area contributed by atoms with Crippen LogP contribution in [-0.4, -0.2) is 30.3 Å². The minimum atomic E-state index is -1.12. The van der Waals surface area contributed by atoms with E-state index >= 15 is 0 Å². The maximum absolute atomic E-state index is 10.8. The number of phenols is 1. The molecule has 70 valence electrons. The van der Waals surface area contributed by atoms with Crippen LogP contribution in [0.25, 0.3) is 0 Å². The van der Waals surface area contributed by atoms with Gasteiger partial charge in [0.1, 0.15) is 11.3 Å². The van der Waals surface area contributed by atoms with Crippen molar-refractivity contribution in [3.8, 4) is 5.75 Å². The number of nitrogens with zero attached hydrogens (tertiary/aromatic N) is 1. The number of hydrogen-bond acceptors (Lipinski definition) is 3. The molecule has 0 saturated heterocycles. The molecule has 0 fully saturated rings. The molecule has 4 nitrogen and oxygen atoms in total. The van der Waals surface area contributed by atoms with Crippen LogP contribution in [0.1, 0.15) is 10.4 Å². The molecule has 0 radical (unpaired) electrons. The van der Waals surface area contributed by atoms with Crippen molar-refractivity contribution in [3.63, 3.8) is 0 Å². The third-order valence-electron chi connectivity index (χ3n) is 1.72. The smallest absolute Gasteiger partial charge is 0.341 e. The highest BCUT2D eigenvalue weighted by Gasteiger charge is 2.15. The summed E-state index contributed by atoms with van der Waals surface area (Å²) in [5.41, 5.74) is 0.431. The first-order chi connectivity index (χ1) is 6.04. The number of anilines is 1. The standard InChI is InChI=1S/C9H11NO3/c1-10(2)6-4-3-5-7(11)8(6)9(12)13/h3-5,11H,1-2H3,(H,12,13). The normalized spacial score (nSPS) is 9.69. The Bertz CT molecular complexity index is 334. The maximum atomic E-state index is 10.8. The Kier molecular flexibility index (Phi) is 2.41. The molecule has 1 aromatic carbocycles. The Labute approximate surface area is 76.0 Å². The summed E-state index contributed by atoms with van der Waals surface area (Å²) in [6.45, 7) is 0. The van der Waals surface area contributed by atoms with Gasteiger partial charge in [-0.05, 0) is 12.1 Å². The first-order valence-corrected chi connectivity index (χ1v) is 3.76. The fourth-order valence-corrected chi connectivity index (χ4v) is 1.12. The lowest BCUT2D eigenvalue weighted by Gasteiger charge is -2.15. The van der Waals surface area contributed by atoms with Crippen LogP contribution in [0.5, 0.6) is 5.75 Å².